The second-order valence-electron chi connectivity index (χ2n) is 9.17. The number of likely N-dealkylation sites (tertiary alicyclic amines) is 2. The van der Waals surface area contributed by atoms with Crippen LogP contribution in [0.25, 0.3) is 11.0 Å². The summed E-state index contributed by atoms with van der Waals surface area (Å²) in [7, 11) is 5.12. The summed E-state index contributed by atoms with van der Waals surface area (Å²) >= 11 is 0. The molecule has 8 heteroatoms. The number of furan rings is 1. The van der Waals surface area contributed by atoms with Crippen molar-refractivity contribution in [1.29, 1.82) is 0 Å². The molecule has 1 aromatic carbocycles. The number of rotatable bonds is 5. The highest BCUT2D eigenvalue weighted by molar-refractivity contribution is 5.97. The van der Waals surface area contributed by atoms with E-state index in [9.17, 15) is 9.59 Å². The fraction of sp³-hybridized carbons (Fsp3) is 0.600. The number of hydrogen-bond donors (Lipinski definition) is 0. The number of carbonyl (C=O) groups excluding carboxylic acids is 2. The average molecular weight is 458 g/mol. The van der Waals surface area contributed by atoms with Gasteiger partial charge in [-0.2, -0.15) is 0 Å². The third kappa shape index (κ3) is 4.95. The van der Waals surface area contributed by atoms with Gasteiger partial charge in [0.15, 0.2) is 5.76 Å². The molecule has 0 radical (unpaired) electrons. The van der Waals surface area contributed by atoms with Crippen LogP contribution < -0.4 is 4.74 Å². The first-order chi connectivity index (χ1) is 15.9. The lowest BCUT2D eigenvalue weighted by Gasteiger charge is -2.41. The Labute approximate surface area is 195 Å². The molecule has 33 heavy (non-hydrogen) atoms. The van der Waals surface area contributed by atoms with Crippen molar-refractivity contribution in [3.05, 3.63) is 29.5 Å². The minimum atomic E-state index is -0.192. The van der Waals surface area contributed by atoms with Crippen LogP contribution in [0.1, 0.15) is 54.6 Å². The molecule has 1 aromatic heterocycles. The van der Waals surface area contributed by atoms with E-state index in [1.165, 1.54) is 4.90 Å². The molecule has 3 heterocycles. The highest BCUT2D eigenvalue weighted by atomic mass is 16.6. The Morgan fingerprint density at radius 3 is 2.36 bits per heavy atom. The average Bonchev–Trinajstić information content (AvgIpc) is 3.27. The Morgan fingerprint density at radius 1 is 1.06 bits per heavy atom. The lowest BCUT2D eigenvalue weighted by atomic mass is 9.87. The zero-order chi connectivity index (χ0) is 23.5. The normalized spacial score (nSPS) is 18.5. The van der Waals surface area contributed by atoms with E-state index in [1.54, 1.807) is 21.2 Å². The number of ether oxygens (including phenoxy) is 2. The maximum absolute atomic E-state index is 12.4. The first kappa shape index (κ1) is 23.4. The highest BCUT2D eigenvalue weighted by Crippen LogP contribution is 2.38. The van der Waals surface area contributed by atoms with Crippen LogP contribution in [-0.2, 0) is 4.74 Å². The van der Waals surface area contributed by atoms with Gasteiger partial charge >= 0.3 is 6.09 Å². The fourth-order valence-electron chi connectivity index (χ4n) is 5.10. The van der Waals surface area contributed by atoms with E-state index in [-0.39, 0.29) is 12.0 Å². The van der Waals surface area contributed by atoms with Gasteiger partial charge in [-0.25, -0.2) is 4.79 Å². The van der Waals surface area contributed by atoms with Crippen molar-refractivity contribution in [2.24, 2.45) is 0 Å². The van der Waals surface area contributed by atoms with Gasteiger partial charge in [-0.3, -0.25) is 4.79 Å². The molecule has 0 unspecified atom stereocenters. The largest absolute Gasteiger partial charge is 0.497 e. The number of piperidine rings is 2. The molecule has 2 amide bonds. The van der Waals surface area contributed by atoms with Gasteiger partial charge in [-0.15, -0.1) is 0 Å². The van der Waals surface area contributed by atoms with E-state index in [4.69, 9.17) is 13.9 Å². The summed E-state index contributed by atoms with van der Waals surface area (Å²) in [5, 5.41) is 0.906. The number of carbonyl (C=O) groups is 2. The Morgan fingerprint density at radius 2 is 1.76 bits per heavy atom. The van der Waals surface area contributed by atoms with Crippen molar-refractivity contribution in [3.8, 4) is 5.75 Å². The zero-order valence-corrected chi connectivity index (χ0v) is 20.1. The monoisotopic (exact) mass is 457 g/mol. The van der Waals surface area contributed by atoms with Gasteiger partial charge in [0.05, 0.1) is 13.7 Å². The molecule has 0 bridgehead atoms. The Balaban J connectivity index is 1.44. The van der Waals surface area contributed by atoms with Gasteiger partial charge in [-0.05, 0) is 69.8 Å². The summed E-state index contributed by atoms with van der Waals surface area (Å²) in [6.07, 6.45) is 3.83. The van der Waals surface area contributed by atoms with Gasteiger partial charge in [0.2, 0.25) is 0 Å². The third-order valence-corrected chi connectivity index (χ3v) is 6.95. The van der Waals surface area contributed by atoms with Gasteiger partial charge in [0, 0.05) is 44.2 Å². The van der Waals surface area contributed by atoms with Crippen LogP contribution >= 0.6 is 0 Å². The van der Waals surface area contributed by atoms with Gasteiger partial charge in [0.25, 0.3) is 5.91 Å². The molecule has 4 rings (SSSR count). The number of methoxy groups -OCH3 is 1. The molecule has 0 N–H and O–H groups in total. The van der Waals surface area contributed by atoms with Crippen LogP contribution in [0.2, 0.25) is 0 Å². The molecule has 2 saturated heterocycles. The smallest absolute Gasteiger partial charge is 0.409 e. The first-order valence-corrected chi connectivity index (χ1v) is 11.9. The van der Waals surface area contributed by atoms with Crippen molar-refractivity contribution in [3.63, 3.8) is 0 Å². The minimum Gasteiger partial charge on any atom is -0.497 e. The quantitative estimate of drug-likeness (QED) is 0.677. The lowest BCUT2D eigenvalue weighted by molar-refractivity contribution is 0.0662. The molecule has 2 aliphatic rings. The lowest BCUT2D eigenvalue weighted by Crippen LogP contribution is -2.48. The van der Waals surface area contributed by atoms with E-state index in [2.05, 4.69) is 11.0 Å². The SMILES string of the molecule is CCOC(=O)N1CCC(N2CCC(c3cc(OC)cc4cc(C(=O)N(C)C)oc34)CC2)CC1. The van der Waals surface area contributed by atoms with Crippen LogP contribution in [0.5, 0.6) is 5.75 Å². The van der Waals surface area contributed by atoms with Crippen molar-refractivity contribution in [1.82, 2.24) is 14.7 Å². The van der Waals surface area contributed by atoms with Crippen LogP contribution in [0.15, 0.2) is 22.6 Å². The molecular weight excluding hydrogens is 422 g/mol. The number of nitrogens with zero attached hydrogens (tertiary/aromatic N) is 3. The minimum absolute atomic E-state index is 0.139. The summed E-state index contributed by atoms with van der Waals surface area (Å²) in [5.41, 5.74) is 1.92. The van der Waals surface area contributed by atoms with Crippen molar-refractivity contribution >= 4 is 23.0 Å². The van der Waals surface area contributed by atoms with E-state index >= 15 is 0 Å². The van der Waals surface area contributed by atoms with Crippen molar-refractivity contribution in [2.75, 3.05) is 54.0 Å². The highest BCUT2D eigenvalue weighted by Gasteiger charge is 2.31. The molecule has 0 spiro atoms. The Hall–Kier alpha value is -2.74. The maximum atomic E-state index is 12.4. The molecule has 0 atom stereocenters. The molecule has 0 saturated carbocycles. The predicted octanol–water partition coefficient (Wildman–Crippen LogP) is 3.94. The second kappa shape index (κ2) is 10.0. The maximum Gasteiger partial charge on any atom is 0.409 e. The van der Waals surface area contributed by atoms with Crippen LogP contribution in [-0.4, -0.2) is 86.7 Å². The third-order valence-electron chi connectivity index (χ3n) is 6.95. The van der Waals surface area contributed by atoms with Gasteiger partial charge in [-0.1, -0.05) is 0 Å². The number of hydrogen-bond acceptors (Lipinski definition) is 6. The summed E-state index contributed by atoms with van der Waals surface area (Å²) in [6.45, 7) is 5.80. The Kier molecular flexibility index (Phi) is 7.12. The van der Waals surface area contributed by atoms with E-state index < -0.39 is 0 Å². The van der Waals surface area contributed by atoms with E-state index in [0.717, 1.165) is 74.1 Å². The summed E-state index contributed by atoms with van der Waals surface area (Å²) in [6, 6.07) is 6.32. The molecule has 8 nitrogen and oxygen atoms in total. The zero-order valence-electron chi connectivity index (χ0n) is 20.1. The molecule has 2 aromatic rings. The number of benzene rings is 1. The summed E-state index contributed by atoms with van der Waals surface area (Å²) < 4.78 is 16.7. The van der Waals surface area contributed by atoms with Crippen LogP contribution in [0, 0.1) is 0 Å². The topological polar surface area (TPSA) is 75.5 Å². The molecule has 2 fully saturated rings. The van der Waals surface area contributed by atoms with Crippen LogP contribution in [0.3, 0.4) is 0 Å². The second-order valence-corrected chi connectivity index (χ2v) is 9.17. The molecule has 180 valence electrons. The van der Waals surface area contributed by atoms with Gasteiger partial charge in [0.1, 0.15) is 11.3 Å². The van der Waals surface area contributed by atoms with Gasteiger partial charge < -0.3 is 28.6 Å². The number of amides is 2. The number of fused-ring (bicyclic) bond motifs is 1. The van der Waals surface area contributed by atoms with Crippen LogP contribution in [0.4, 0.5) is 4.79 Å². The van der Waals surface area contributed by atoms with E-state index in [1.807, 2.05) is 24.0 Å². The van der Waals surface area contributed by atoms with Crippen molar-refractivity contribution < 1.29 is 23.5 Å². The standard InChI is InChI=1S/C25H35N3O5/c1-5-32-25(30)28-12-8-19(9-13-28)27-10-6-17(7-11-27)21-16-20(31-4)14-18-15-22(33-23(18)21)24(29)26(2)3/h14-17,19H,5-13H2,1-4H3. The first-order valence-electron chi connectivity index (χ1n) is 11.9. The fourth-order valence-corrected chi connectivity index (χ4v) is 5.10. The van der Waals surface area contributed by atoms with E-state index in [0.29, 0.717) is 24.3 Å². The summed E-state index contributed by atoms with van der Waals surface area (Å²) in [4.78, 5) is 30.3. The predicted molar refractivity (Wildman–Crippen MR) is 126 cm³/mol. The van der Waals surface area contributed by atoms with Crippen molar-refractivity contribution in [2.45, 2.75) is 44.6 Å². The summed E-state index contributed by atoms with van der Waals surface area (Å²) in [5.74, 6) is 1.36. The molecule has 0 aliphatic carbocycles. The Bertz CT molecular complexity index is 985. The molecule has 2 aliphatic heterocycles. The molecular formula is C25H35N3O5.